The molecule has 1 aliphatic rings. The summed E-state index contributed by atoms with van der Waals surface area (Å²) in [5.41, 5.74) is 2.15. The highest BCUT2D eigenvalue weighted by Crippen LogP contribution is 2.33. The Morgan fingerprint density at radius 2 is 2.19 bits per heavy atom. The molecule has 1 aromatic rings. The summed E-state index contributed by atoms with van der Waals surface area (Å²) >= 11 is 0. The van der Waals surface area contributed by atoms with E-state index in [0.29, 0.717) is 0 Å². The molecule has 0 spiro atoms. The first-order valence-electron chi connectivity index (χ1n) is 5.71. The highest BCUT2D eigenvalue weighted by atomic mass is 16.5. The molecule has 0 amide bonds. The molecule has 0 aliphatic carbocycles. The molecule has 0 radical (unpaired) electrons. The van der Waals surface area contributed by atoms with Gasteiger partial charge in [-0.2, -0.15) is 0 Å². The normalized spacial score (nSPS) is 19.6. The van der Waals surface area contributed by atoms with Gasteiger partial charge >= 0.3 is 0 Å². The largest absolute Gasteiger partial charge is 0.501 e. The van der Waals surface area contributed by atoms with Crippen LogP contribution >= 0.6 is 0 Å². The smallest absolute Gasteiger partial charge is 0.111 e. The van der Waals surface area contributed by atoms with Crippen molar-refractivity contribution in [2.45, 2.75) is 32.3 Å². The van der Waals surface area contributed by atoms with Crippen molar-refractivity contribution in [1.29, 1.82) is 0 Å². The zero-order valence-corrected chi connectivity index (χ0v) is 9.86. The molecule has 1 heterocycles. The lowest BCUT2D eigenvalue weighted by molar-refractivity contribution is 0.0785. The lowest BCUT2D eigenvalue weighted by Gasteiger charge is -2.29. The third kappa shape index (κ3) is 2.12. The molecule has 1 unspecified atom stereocenters. The summed E-state index contributed by atoms with van der Waals surface area (Å²) < 4.78 is 5.30. The van der Waals surface area contributed by atoms with Crippen molar-refractivity contribution >= 4 is 0 Å². The summed E-state index contributed by atoms with van der Waals surface area (Å²) in [7, 11) is 0. The van der Waals surface area contributed by atoms with Gasteiger partial charge in [-0.3, -0.25) is 0 Å². The molecule has 2 heteroatoms. The molecule has 1 aliphatic heterocycles. The Balaban J connectivity index is 2.33. The summed E-state index contributed by atoms with van der Waals surface area (Å²) in [4.78, 5) is 0. The van der Waals surface area contributed by atoms with Gasteiger partial charge in [0.2, 0.25) is 0 Å². The van der Waals surface area contributed by atoms with E-state index < -0.39 is 5.60 Å². The molecule has 2 nitrogen and oxygen atoms in total. The predicted octanol–water partition coefficient (Wildman–Crippen LogP) is 2.90. The van der Waals surface area contributed by atoms with Crippen molar-refractivity contribution in [3.05, 3.63) is 47.2 Å². The fourth-order valence-electron chi connectivity index (χ4n) is 2.06. The molecule has 0 saturated heterocycles. The van der Waals surface area contributed by atoms with Crippen LogP contribution in [0.15, 0.2) is 36.1 Å². The number of aryl methyl sites for hydroxylation is 1. The average molecular weight is 218 g/mol. The summed E-state index contributed by atoms with van der Waals surface area (Å²) in [6.07, 6.45) is 3.60. The standard InChI is InChI=1S/C14H18O2/c1-11-5-3-6-12(9-11)14(2,15)13-7-4-8-16-10-13/h3,5-6,9-10,15H,4,7-8H2,1-2H3. The van der Waals surface area contributed by atoms with Gasteiger partial charge in [0.25, 0.3) is 0 Å². The van der Waals surface area contributed by atoms with E-state index in [1.54, 1.807) is 6.26 Å². The first-order chi connectivity index (χ1) is 7.60. The highest BCUT2D eigenvalue weighted by molar-refractivity contribution is 5.34. The van der Waals surface area contributed by atoms with E-state index in [1.165, 1.54) is 0 Å². The van der Waals surface area contributed by atoms with Crippen molar-refractivity contribution in [2.24, 2.45) is 0 Å². The third-order valence-corrected chi connectivity index (χ3v) is 3.14. The van der Waals surface area contributed by atoms with Crippen LogP contribution < -0.4 is 0 Å². The van der Waals surface area contributed by atoms with Gasteiger partial charge in [-0.25, -0.2) is 0 Å². The van der Waals surface area contributed by atoms with Crippen molar-refractivity contribution in [1.82, 2.24) is 0 Å². The van der Waals surface area contributed by atoms with Gasteiger partial charge in [-0.15, -0.1) is 0 Å². The van der Waals surface area contributed by atoms with Crippen LogP contribution in [-0.2, 0) is 10.3 Å². The van der Waals surface area contributed by atoms with E-state index in [2.05, 4.69) is 0 Å². The summed E-state index contributed by atoms with van der Waals surface area (Å²) in [5, 5.41) is 10.6. The lowest BCUT2D eigenvalue weighted by Crippen LogP contribution is -2.26. The van der Waals surface area contributed by atoms with Crippen LogP contribution in [0.3, 0.4) is 0 Å². The lowest BCUT2D eigenvalue weighted by atomic mass is 9.85. The van der Waals surface area contributed by atoms with Crippen LogP contribution in [0, 0.1) is 6.92 Å². The molecule has 0 fully saturated rings. The quantitative estimate of drug-likeness (QED) is 0.827. The maximum atomic E-state index is 10.6. The number of hydrogen-bond acceptors (Lipinski definition) is 2. The van der Waals surface area contributed by atoms with E-state index in [9.17, 15) is 5.11 Å². The van der Waals surface area contributed by atoms with E-state index in [1.807, 2.05) is 38.1 Å². The molecule has 1 aromatic carbocycles. The molecule has 1 atom stereocenters. The van der Waals surface area contributed by atoms with Gasteiger partial charge in [-0.05, 0) is 37.8 Å². The minimum Gasteiger partial charge on any atom is -0.501 e. The van der Waals surface area contributed by atoms with Crippen molar-refractivity contribution in [3.63, 3.8) is 0 Å². The van der Waals surface area contributed by atoms with E-state index in [-0.39, 0.29) is 0 Å². The number of aliphatic hydroxyl groups is 1. The number of hydrogen-bond donors (Lipinski definition) is 1. The Morgan fingerprint density at radius 1 is 1.38 bits per heavy atom. The van der Waals surface area contributed by atoms with Crippen LogP contribution in [0.1, 0.15) is 30.9 Å². The van der Waals surface area contributed by atoms with Crippen LogP contribution in [0.25, 0.3) is 0 Å². The van der Waals surface area contributed by atoms with Gasteiger partial charge in [0.1, 0.15) is 5.60 Å². The Kier molecular flexibility index (Phi) is 3.01. The third-order valence-electron chi connectivity index (χ3n) is 3.14. The Bertz CT molecular complexity index is 405. The van der Waals surface area contributed by atoms with Gasteiger partial charge in [0.15, 0.2) is 0 Å². The molecule has 0 saturated carbocycles. The second-order valence-corrected chi connectivity index (χ2v) is 4.56. The van der Waals surface area contributed by atoms with E-state index in [0.717, 1.165) is 36.1 Å². The van der Waals surface area contributed by atoms with Gasteiger partial charge < -0.3 is 9.84 Å². The van der Waals surface area contributed by atoms with Gasteiger partial charge in [0.05, 0.1) is 12.9 Å². The molecular weight excluding hydrogens is 200 g/mol. The first-order valence-corrected chi connectivity index (χ1v) is 5.71. The number of rotatable bonds is 2. The maximum Gasteiger partial charge on any atom is 0.111 e. The number of benzene rings is 1. The van der Waals surface area contributed by atoms with Crippen LogP contribution in [0.4, 0.5) is 0 Å². The Hall–Kier alpha value is -1.28. The number of ether oxygens (including phenoxy) is 1. The predicted molar refractivity (Wildman–Crippen MR) is 64.0 cm³/mol. The first kappa shape index (κ1) is 11.2. The van der Waals surface area contributed by atoms with Gasteiger partial charge in [0, 0.05) is 0 Å². The van der Waals surface area contributed by atoms with Crippen LogP contribution in [0.2, 0.25) is 0 Å². The monoisotopic (exact) mass is 218 g/mol. The van der Waals surface area contributed by atoms with Crippen molar-refractivity contribution < 1.29 is 9.84 Å². The molecule has 1 N–H and O–H groups in total. The zero-order chi connectivity index (χ0) is 11.6. The molecular formula is C14H18O2. The topological polar surface area (TPSA) is 29.5 Å². The summed E-state index contributed by atoms with van der Waals surface area (Å²) in [6.45, 7) is 4.63. The SMILES string of the molecule is Cc1cccc(C(C)(O)C2=COCCC2)c1. The molecule has 0 bridgehead atoms. The van der Waals surface area contributed by atoms with Crippen LogP contribution in [-0.4, -0.2) is 11.7 Å². The Morgan fingerprint density at radius 3 is 2.81 bits per heavy atom. The zero-order valence-electron chi connectivity index (χ0n) is 9.86. The Labute approximate surface area is 96.6 Å². The van der Waals surface area contributed by atoms with E-state index >= 15 is 0 Å². The molecule has 16 heavy (non-hydrogen) atoms. The average Bonchev–Trinajstić information content (AvgIpc) is 2.30. The minimum atomic E-state index is -0.910. The second kappa shape index (κ2) is 4.30. The second-order valence-electron chi connectivity index (χ2n) is 4.56. The molecule has 86 valence electrons. The van der Waals surface area contributed by atoms with Crippen molar-refractivity contribution in [3.8, 4) is 0 Å². The minimum absolute atomic E-state index is 0.757. The van der Waals surface area contributed by atoms with Crippen molar-refractivity contribution in [2.75, 3.05) is 6.61 Å². The molecule has 0 aromatic heterocycles. The van der Waals surface area contributed by atoms with Crippen LogP contribution in [0.5, 0.6) is 0 Å². The summed E-state index contributed by atoms with van der Waals surface area (Å²) in [5.74, 6) is 0. The fraction of sp³-hybridized carbons (Fsp3) is 0.429. The maximum absolute atomic E-state index is 10.6. The molecule has 2 rings (SSSR count). The fourth-order valence-corrected chi connectivity index (χ4v) is 2.06. The van der Waals surface area contributed by atoms with E-state index in [4.69, 9.17) is 4.74 Å². The summed E-state index contributed by atoms with van der Waals surface area (Å²) in [6, 6.07) is 7.99. The highest BCUT2D eigenvalue weighted by Gasteiger charge is 2.29. The van der Waals surface area contributed by atoms with Gasteiger partial charge in [-0.1, -0.05) is 29.8 Å².